The smallest absolute Gasteiger partial charge is 0.252 e. The Bertz CT molecular complexity index is 627. The molecule has 1 saturated heterocycles. The number of carbonyl (C=O) groups is 1. The van der Waals surface area contributed by atoms with Gasteiger partial charge >= 0.3 is 0 Å². The van der Waals surface area contributed by atoms with Crippen LogP contribution in [-0.4, -0.2) is 31.4 Å². The van der Waals surface area contributed by atoms with Crippen molar-refractivity contribution in [2.45, 2.75) is 25.8 Å². The summed E-state index contributed by atoms with van der Waals surface area (Å²) >= 11 is 3.33. The molecule has 19 heavy (non-hydrogen) atoms. The summed E-state index contributed by atoms with van der Waals surface area (Å²) < 4.78 is 23.9. The van der Waals surface area contributed by atoms with Gasteiger partial charge in [-0.25, -0.2) is 8.42 Å². The molecule has 1 atom stereocenters. The van der Waals surface area contributed by atoms with E-state index in [1.807, 2.05) is 19.1 Å². The van der Waals surface area contributed by atoms with Crippen LogP contribution in [0.5, 0.6) is 0 Å². The highest BCUT2D eigenvalue weighted by molar-refractivity contribution is 9.10. The van der Waals surface area contributed by atoms with Gasteiger partial charge in [0, 0.05) is 10.0 Å². The molecular weight excluding hydrogens is 330 g/mol. The minimum atomic E-state index is -3.02. The third-order valence-electron chi connectivity index (χ3n) is 3.36. The standard InChI is InChI=1S/C13H16BrNO3S/c1-9-3-4-10(14)7-11(9)12(16)15-13(2)5-6-19(17,18)8-13/h3-4,7H,5-6,8H2,1-2H3,(H,15,16). The molecule has 4 nitrogen and oxygen atoms in total. The molecule has 2 rings (SSSR count). The zero-order valence-electron chi connectivity index (χ0n) is 10.9. The van der Waals surface area contributed by atoms with Crippen molar-refractivity contribution in [2.75, 3.05) is 11.5 Å². The first-order valence-electron chi connectivity index (χ1n) is 6.00. The number of sulfone groups is 1. The van der Waals surface area contributed by atoms with Crippen molar-refractivity contribution >= 4 is 31.7 Å². The molecule has 0 aromatic heterocycles. The maximum absolute atomic E-state index is 12.3. The third-order valence-corrected chi connectivity index (χ3v) is 5.76. The van der Waals surface area contributed by atoms with Crippen LogP contribution in [0, 0.1) is 6.92 Å². The van der Waals surface area contributed by atoms with Gasteiger partial charge in [-0.1, -0.05) is 22.0 Å². The van der Waals surface area contributed by atoms with Crippen LogP contribution in [0.2, 0.25) is 0 Å². The van der Waals surface area contributed by atoms with Gasteiger partial charge in [0.1, 0.15) is 0 Å². The average molecular weight is 346 g/mol. The summed E-state index contributed by atoms with van der Waals surface area (Å²) in [5.74, 6) is -0.0709. The summed E-state index contributed by atoms with van der Waals surface area (Å²) in [5, 5.41) is 2.86. The van der Waals surface area contributed by atoms with Gasteiger partial charge in [0.2, 0.25) is 0 Å². The molecule has 0 spiro atoms. The van der Waals surface area contributed by atoms with Crippen LogP contribution in [-0.2, 0) is 9.84 Å². The first-order chi connectivity index (χ1) is 8.71. The number of halogens is 1. The predicted molar refractivity (Wildman–Crippen MR) is 78.0 cm³/mol. The molecule has 1 aliphatic heterocycles. The number of benzene rings is 1. The lowest BCUT2D eigenvalue weighted by Gasteiger charge is -2.24. The molecule has 1 aliphatic rings. The van der Waals surface area contributed by atoms with E-state index in [0.29, 0.717) is 12.0 Å². The Labute approximate surface area is 121 Å². The van der Waals surface area contributed by atoms with Crippen molar-refractivity contribution in [1.82, 2.24) is 5.32 Å². The molecule has 1 heterocycles. The lowest BCUT2D eigenvalue weighted by molar-refractivity contribution is 0.0914. The summed E-state index contributed by atoms with van der Waals surface area (Å²) in [6.07, 6.45) is 0.466. The Morgan fingerprint density at radius 2 is 2.11 bits per heavy atom. The molecule has 1 unspecified atom stereocenters. The van der Waals surface area contributed by atoms with Gasteiger partial charge in [-0.3, -0.25) is 4.79 Å². The van der Waals surface area contributed by atoms with Gasteiger partial charge in [0.15, 0.2) is 9.84 Å². The number of hydrogen-bond acceptors (Lipinski definition) is 3. The van der Waals surface area contributed by atoms with Gasteiger partial charge in [-0.15, -0.1) is 0 Å². The fourth-order valence-electron chi connectivity index (χ4n) is 2.29. The predicted octanol–water partition coefficient (Wildman–Crippen LogP) is 2.06. The number of amides is 1. The van der Waals surface area contributed by atoms with E-state index < -0.39 is 15.4 Å². The number of aryl methyl sites for hydroxylation is 1. The van der Waals surface area contributed by atoms with Gasteiger partial charge < -0.3 is 5.32 Å². The van der Waals surface area contributed by atoms with E-state index in [1.54, 1.807) is 13.0 Å². The third kappa shape index (κ3) is 3.36. The Morgan fingerprint density at radius 3 is 2.68 bits per heavy atom. The Hall–Kier alpha value is -0.880. The van der Waals surface area contributed by atoms with Crippen LogP contribution in [0.15, 0.2) is 22.7 Å². The maximum atomic E-state index is 12.3. The topological polar surface area (TPSA) is 63.2 Å². The average Bonchev–Trinajstić information content (AvgIpc) is 2.56. The number of hydrogen-bond donors (Lipinski definition) is 1. The van der Waals surface area contributed by atoms with Crippen LogP contribution in [0.1, 0.15) is 29.3 Å². The monoisotopic (exact) mass is 345 g/mol. The molecule has 1 amide bonds. The SMILES string of the molecule is Cc1ccc(Br)cc1C(=O)NC1(C)CCS(=O)(=O)C1. The summed E-state index contributed by atoms with van der Waals surface area (Å²) in [4.78, 5) is 12.3. The zero-order chi connectivity index (χ0) is 14.3. The van der Waals surface area contributed by atoms with E-state index >= 15 is 0 Å². The molecular formula is C13H16BrNO3S. The largest absolute Gasteiger partial charge is 0.346 e. The van der Waals surface area contributed by atoms with E-state index in [0.717, 1.165) is 10.0 Å². The maximum Gasteiger partial charge on any atom is 0.252 e. The minimum Gasteiger partial charge on any atom is -0.346 e. The van der Waals surface area contributed by atoms with Crippen LogP contribution in [0.3, 0.4) is 0 Å². The fraction of sp³-hybridized carbons (Fsp3) is 0.462. The lowest BCUT2D eigenvalue weighted by Crippen LogP contribution is -2.47. The van der Waals surface area contributed by atoms with E-state index in [4.69, 9.17) is 0 Å². The van der Waals surface area contributed by atoms with Crippen molar-refractivity contribution in [1.29, 1.82) is 0 Å². The van der Waals surface area contributed by atoms with E-state index in [-0.39, 0.29) is 17.4 Å². The second-order valence-electron chi connectivity index (χ2n) is 5.32. The number of rotatable bonds is 2. The molecule has 1 aromatic rings. The molecule has 1 N–H and O–H groups in total. The van der Waals surface area contributed by atoms with Crippen LogP contribution >= 0.6 is 15.9 Å². The van der Waals surface area contributed by atoms with Gasteiger partial charge in [0.05, 0.1) is 17.0 Å². The zero-order valence-corrected chi connectivity index (χ0v) is 13.3. The first-order valence-corrected chi connectivity index (χ1v) is 8.61. The lowest BCUT2D eigenvalue weighted by atomic mass is 10.0. The van der Waals surface area contributed by atoms with Gasteiger partial charge in [0.25, 0.3) is 5.91 Å². The quantitative estimate of drug-likeness (QED) is 0.892. The van der Waals surface area contributed by atoms with Crippen LogP contribution in [0.25, 0.3) is 0 Å². The molecule has 1 aromatic carbocycles. The fourth-order valence-corrected chi connectivity index (χ4v) is 4.74. The van der Waals surface area contributed by atoms with Crippen molar-refractivity contribution < 1.29 is 13.2 Å². The Kier molecular flexibility index (Phi) is 3.75. The summed E-state index contributed by atoms with van der Waals surface area (Å²) in [6, 6.07) is 5.47. The van der Waals surface area contributed by atoms with E-state index in [9.17, 15) is 13.2 Å². The van der Waals surface area contributed by atoms with Gasteiger partial charge in [-0.2, -0.15) is 0 Å². The molecule has 6 heteroatoms. The molecule has 0 radical (unpaired) electrons. The summed E-state index contributed by atoms with van der Waals surface area (Å²) in [7, 11) is -3.02. The second kappa shape index (κ2) is 4.90. The van der Waals surface area contributed by atoms with Crippen molar-refractivity contribution in [3.63, 3.8) is 0 Å². The Morgan fingerprint density at radius 1 is 1.42 bits per heavy atom. The van der Waals surface area contributed by atoms with Gasteiger partial charge in [-0.05, 0) is 38.0 Å². The van der Waals surface area contributed by atoms with Crippen molar-refractivity contribution in [2.24, 2.45) is 0 Å². The normalized spacial score (nSPS) is 25.2. The Balaban J connectivity index is 2.20. The van der Waals surface area contributed by atoms with Crippen molar-refractivity contribution in [3.8, 4) is 0 Å². The highest BCUT2D eigenvalue weighted by Crippen LogP contribution is 2.24. The molecule has 1 fully saturated rings. The summed E-state index contributed by atoms with van der Waals surface area (Å²) in [5.41, 5.74) is 0.773. The van der Waals surface area contributed by atoms with Crippen molar-refractivity contribution in [3.05, 3.63) is 33.8 Å². The minimum absolute atomic E-state index is 0.0127. The van der Waals surface area contributed by atoms with E-state index in [1.165, 1.54) is 0 Å². The van der Waals surface area contributed by atoms with Crippen LogP contribution < -0.4 is 5.32 Å². The second-order valence-corrected chi connectivity index (χ2v) is 8.42. The molecule has 0 aliphatic carbocycles. The summed E-state index contributed by atoms with van der Waals surface area (Å²) in [6.45, 7) is 3.64. The number of carbonyl (C=O) groups excluding carboxylic acids is 1. The highest BCUT2D eigenvalue weighted by Gasteiger charge is 2.39. The highest BCUT2D eigenvalue weighted by atomic mass is 79.9. The first kappa shape index (κ1) is 14.5. The van der Waals surface area contributed by atoms with E-state index in [2.05, 4.69) is 21.2 Å². The van der Waals surface area contributed by atoms with Crippen LogP contribution in [0.4, 0.5) is 0 Å². The molecule has 104 valence electrons. The number of nitrogens with one attached hydrogen (secondary N) is 1. The molecule has 0 bridgehead atoms. The molecule has 0 saturated carbocycles.